The smallest absolute Gasteiger partial charge is 0.256 e. The van der Waals surface area contributed by atoms with E-state index in [0.717, 1.165) is 16.8 Å². The largest absolute Gasteiger partial charge is 0.361 e. The summed E-state index contributed by atoms with van der Waals surface area (Å²) in [5, 5.41) is 4.51. The number of amides is 1. The molecule has 0 radical (unpaired) electrons. The molecule has 5 heteroatoms. The zero-order chi connectivity index (χ0) is 18.1. The highest BCUT2D eigenvalue weighted by atomic mass is 35.5. The molecule has 0 saturated carbocycles. The van der Waals surface area contributed by atoms with E-state index in [1.165, 1.54) is 0 Å². The maximum absolute atomic E-state index is 13.0. The highest BCUT2D eigenvalue weighted by Crippen LogP contribution is 2.36. The van der Waals surface area contributed by atoms with Crippen molar-refractivity contribution in [3.63, 3.8) is 0 Å². The van der Waals surface area contributed by atoms with Gasteiger partial charge in [-0.15, -0.1) is 0 Å². The summed E-state index contributed by atoms with van der Waals surface area (Å²) < 4.78 is 0. The molecule has 1 aliphatic rings. The maximum atomic E-state index is 13.0. The molecule has 1 amide bonds. The van der Waals surface area contributed by atoms with Crippen LogP contribution < -0.4 is 5.32 Å². The van der Waals surface area contributed by atoms with E-state index in [1.54, 1.807) is 18.2 Å². The SMILES string of the molecule is O=C1c2ccccc2[C@H](Nc2cc(Cl)cc(Cl)c2)N1Cc1ccccc1. The third kappa shape index (κ3) is 3.28. The molecule has 1 N–H and O–H groups in total. The predicted octanol–water partition coefficient (Wildman–Crippen LogP) is 5.76. The van der Waals surface area contributed by atoms with Gasteiger partial charge in [-0.05, 0) is 29.8 Å². The molecule has 0 bridgehead atoms. The van der Waals surface area contributed by atoms with Crippen LogP contribution in [0.1, 0.15) is 27.7 Å². The van der Waals surface area contributed by atoms with E-state index in [1.807, 2.05) is 59.5 Å². The second kappa shape index (κ2) is 7.02. The number of benzene rings is 3. The topological polar surface area (TPSA) is 32.3 Å². The molecular formula is C21H16Cl2N2O. The van der Waals surface area contributed by atoms with E-state index in [0.29, 0.717) is 22.2 Å². The lowest BCUT2D eigenvalue weighted by Gasteiger charge is -2.27. The normalized spacial score (nSPS) is 15.8. The van der Waals surface area contributed by atoms with Gasteiger partial charge in [0.15, 0.2) is 0 Å². The van der Waals surface area contributed by atoms with Crippen molar-refractivity contribution < 1.29 is 4.79 Å². The second-order valence-electron chi connectivity index (χ2n) is 6.21. The number of fused-ring (bicyclic) bond motifs is 1. The third-order valence-electron chi connectivity index (χ3n) is 4.42. The average Bonchev–Trinajstić information content (AvgIpc) is 2.88. The van der Waals surface area contributed by atoms with Crippen LogP contribution in [0.3, 0.4) is 0 Å². The summed E-state index contributed by atoms with van der Waals surface area (Å²) in [6.45, 7) is 0.514. The second-order valence-corrected chi connectivity index (χ2v) is 7.08. The fourth-order valence-corrected chi connectivity index (χ4v) is 3.79. The minimum atomic E-state index is -0.284. The number of hydrogen-bond acceptors (Lipinski definition) is 2. The van der Waals surface area contributed by atoms with Crippen LogP contribution in [0.5, 0.6) is 0 Å². The van der Waals surface area contributed by atoms with Crippen molar-refractivity contribution >= 4 is 34.8 Å². The van der Waals surface area contributed by atoms with Crippen LogP contribution in [0.15, 0.2) is 72.8 Å². The van der Waals surface area contributed by atoms with Gasteiger partial charge in [0.25, 0.3) is 5.91 Å². The van der Waals surface area contributed by atoms with Gasteiger partial charge in [-0.2, -0.15) is 0 Å². The summed E-state index contributed by atoms with van der Waals surface area (Å²) in [5.74, 6) is 0.00933. The van der Waals surface area contributed by atoms with Gasteiger partial charge in [0.05, 0.1) is 0 Å². The Labute approximate surface area is 162 Å². The summed E-state index contributed by atoms with van der Waals surface area (Å²) in [5.41, 5.74) is 3.51. The summed E-state index contributed by atoms with van der Waals surface area (Å²) in [7, 11) is 0. The number of rotatable bonds is 4. The van der Waals surface area contributed by atoms with Crippen LogP contribution in [0.25, 0.3) is 0 Å². The maximum Gasteiger partial charge on any atom is 0.256 e. The van der Waals surface area contributed by atoms with Gasteiger partial charge in [-0.3, -0.25) is 4.79 Å². The monoisotopic (exact) mass is 382 g/mol. The van der Waals surface area contributed by atoms with E-state index in [4.69, 9.17) is 23.2 Å². The molecule has 1 aliphatic heterocycles. The first kappa shape index (κ1) is 17.0. The number of anilines is 1. The molecule has 3 aromatic rings. The fourth-order valence-electron chi connectivity index (χ4n) is 3.26. The van der Waals surface area contributed by atoms with Crippen LogP contribution in [0, 0.1) is 0 Å². The molecule has 0 aromatic heterocycles. The Hall–Kier alpha value is -2.49. The zero-order valence-corrected chi connectivity index (χ0v) is 15.3. The molecule has 0 unspecified atom stereocenters. The lowest BCUT2D eigenvalue weighted by atomic mass is 10.1. The van der Waals surface area contributed by atoms with Gasteiger partial charge >= 0.3 is 0 Å². The van der Waals surface area contributed by atoms with Gasteiger partial charge < -0.3 is 10.2 Å². The molecule has 3 aromatic carbocycles. The van der Waals surface area contributed by atoms with Crippen LogP contribution in [0.2, 0.25) is 10.0 Å². The van der Waals surface area contributed by atoms with Gasteiger partial charge in [0, 0.05) is 33.4 Å². The van der Waals surface area contributed by atoms with Crippen LogP contribution >= 0.6 is 23.2 Å². The van der Waals surface area contributed by atoms with Crippen molar-refractivity contribution in [2.45, 2.75) is 12.7 Å². The molecule has 0 spiro atoms. The molecule has 26 heavy (non-hydrogen) atoms. The summed E-state index contributed by atoms with van der Waals surface area (Å²) in [4.78, 5) is 14.8. The molecule has 3 nitrogen and oxygen atoms in total. The Morgan fingerprint density at radius 1 is 0.885 bits per heavy atom. The molecule has 1 atom stereocenters. The minimum Gasteiger partial charge on any atom is -0.361 e. The summed E-state index contributed by atoms with van der Waals surface area (Å²) >= 11 is 12.3. The Morgan fingerprint density at radius 2 is 1.54 bits per heavy atom. The van der Waals surface area contributed by atoms with Crippen molar-refractivity contribution in [1.82, 2.24) is 4.90 Å². The Kier molecular flexibility index (Phi) is 4.58. The molecule has 4 rings (SSSR count). The van der Waals surface area contributed by atoms with E-state index in [9.17, 15) is 4.79 Å². The van der Waals surface area contributed by atoms with E-state index < -0.39 is 0 Å². The third-order valence-corrected chi connectivity index (χ3v) is 4.86. The van der Waals surface area contributed by atoms with E-state index in [2.05, 4.69) is 5.32 Å². The Balaban J connectivity index is 1.71. The first-order chi connectivity index (χ1) is 12.6. The van der Waals surface area contributed by atoms with Gasteiger partial charge in [0.2, 0.25) is 0 Å². The van der Waals surface area contributed by atoms with Crippen LogP contribution in [-0.2, 0) is 6.54 Å². The number of nitrogens with one attached hydrogen (secondary N) is 1. The van der Waals surface area contributed by atoms with Gasteiger partial charge in [0.1, 0.15) is 6.17 Å². The first-order valence-corrected chi connectivity index (χ1v) is 9.04. The molecule has 0 fully saturated rings. The van der Waals surface area contributed by atoms with Crippen molar-refractivity contribution in [2.75, 3.05) is 5.32 Å². The van der Waals surface area contributed by atoms with E-state index >= 15 is 0 Å². The molecule has 130 valence electrons. The lowest BCUT2D eigenvalue weighted by Crippen LogP contribution is -2.31. The van der Waals surface area contributed by atoms with Crippen LogP contribution in [-0.4, -0.2) is 10.8 Å². The molecule has 0 saturated heterocycles. The van der Waals surface area contributed by atoms with Crippen LogP contribution in [0.4, 0.5) is 5.69 Å². The number of carbonyl (C=O) groups is 1. The minimum absolute atomic E-state index is 0.00933. The molecule has 1 heterocycles. The summed E-state index contributed by atoms with van der Waals surface area (Å²) in [6, 6.07) is 22.9. The average molecular weight is 383 g/mol. The fraction of sp³-hybridized carbons (Fsp3) is 0.0952. The number of halogens is 2. The zero-order valence-electron chi connectivity index (χ0n) is 13.8. The lowest BCUT2D eigenvalue weighted by molar-refractivity contribution is 0.0729. The van der Waals surface area contributed by atoms with E-state index in [-0.39, 0.29) is 12.1 Å². The molecular weight excluding hydrogens is 367 g/mol. The van der Waals surface area contributed by atoms with Gasteiger partial charge in [-0.25, -0.2) is 0 Å². The number of carbonyl (C=O) groups excluding carboxylic acids is 1. The highest BCUT2D eigenvalue weighted by Gasteiger charge is 2.36. The van der Waals surface area contributed by atoms with Crippen molar-refractivity contribution in [3.05, 3.63) is 99.5 Å². The number of hydrogen-bond donors (Lipinski definition) is 1. The molecule has 0 aliphatic carbocycles. The van der Waals surface area contributed by atoms with Crippen molar-refractivity contribution in [3.8, 4) is 0 Å². The highest BCUT2D eigenvalue weighted by molar-refractivity contribution is 6.35. The van der Waals surface area contributed by atoms with Crippen molar-refractivity contribution in [2.24, 2.45) is 0 Å². The number of nitrogens with zero attached hydrogens (tertiary/aromatic N) is 1. The summed E-state index contributed by atoms with van der Waals surface area (Å²) in [6.07, 6.45) is -0.284. The Bertz CT molecular complexity index is 939. The Morgan fingerprint density at radius 3 is 2.27 bits per heavy atom. The van der Waals surface area contributed by atoms with Crippen molar-refractivity contribution in [1.29, 1.82) is 0 Å². The van der Waals surface area contributed by atoms with Gasteiger partial charge in [-0.1, -0.05) is 71.7 Å². The predicted molar refractivity (Wildman–Crippen MR) is 106 cm³/mol. The first-order valence-electron chi connectivity index (χ1n) is 8.28. The quantitative estimate of drug-likeness (QED) is 0.621. The standard InChI is InChI=1S/C21H16Cl2N2O/c22-15-10-16(23)12-17(11-15)24-20-18-8-4-5-9-19(18)21(26)25(20)13-14-6-2-1-3-7-14/h1-12,20,24H,13H2/t20-/m1/s1.